The second-order valence-corrected chi connectivity index (χ2v) is 8.18. The highest BCUT2D eigenvalue weighted by Crippen LogP contribution is 2.27. The average molecular weight is 435 g/mol. The summed E-state index contributed by atoms with van der Waals surface area (Å²) in [5.41, 5.74) is 4.36. The van der Waals surface area contributed by atoms with E-state index in [-0.39, 0.29) is 11.7 Å². The zero-order chi connectivity index (χ0) is 22.5. The number of pyridine rings is 1. The number of carbonyl (C=O) groups is 1. The number of nitrogens with zero attached hydrogens (tertiary/aromatic N) is 4. The van der Waals surface area contributed by atoms with Crippen molar-refractivity contribution in [2.45, 2.75) is 32.6 Å². The molecule has 1 aromatic carbocycles. The predicted molar refractivity (Wildman–Crippen MR) is 122 cm³/mol. The summed E-state index contributed by atoms with van der Waals surface area (Å²) >= 11 is 0. The Morgan fingerprint density at radius 3 is 2.31 bits per heavy atom. The molecule has 2 aromatic heterocycles. The molecule has 2 N–H and O–H groups in total. The van der Waals surface area contributed by atoms with E-state index >= 15 is 0 Å². The Labute approximate surface area is 187 Å². The molecule has 0 spiro atoms. The third kappa shape index (κ3) is 5.85. The first-order valence-corrected chi connectivity index (χ1v) is 10.8. The van der Waals surface area contributed by atoms with Gasteiger partial charge in [-0.3, -0.25) is 14.7 Å². The first-order chi connectivity index (χ1) is 15.4. The maximum Gasteiger partial charge on any atom is 0.238 e. The number of rotatable bonds is 6. The van der Waals surface area contributed by atoms with Gasteiger partial charge in [0, 0.05) is 28.7 Å². The molecule has 1 saturated heterocycles. The van der Waals surface area contributed by atoms with Gasteiger partial charge in [0.15, 0.2) is 0 Å². The van der Waals surface area contributed by atoms with Crippen molar-refractivity contribution in [3.63, 3.8) is 0 Å². The first-order valence-electron chi connectivity index (χ1n) is 10.8. The van der Waals surface area contributed by atoms with Crippen LogP contribution in [-0.4, -0.2) is 45.4 Å². The molecule has 4 rings (SSSR count). The molecule has 1 amide bonds. The standard InChI is InChI=1S/C24H27FN6O/c1-16-13-17(2)28-24(27-16)30-21-7-8-22(26-14-21)18-9-11-31(12-10-18)15-23(32)29-20-5-3-19(25)4-6-20/h3-8,13-14,18H,9-12,15H2,1-2H3,(H,29,32)(H,27,28,30). The van der Waals surface area contributed by atoms with Crippen LogP contribution in [0.4, 0.5) is 21.7 Å². The van der Waals surface area contributed by atoms with Crippen LogP contribution in [0.5, 0.6) is 0 Å². The van der Waals surface area contributed by atoms with Crippen LogP contribution >= 0.6 is 0 Å². The monoisotopic (exact) mass is 434 g/mol. The molecule has 0 bridgehead atoms. The molecule has 1 aliphatic heterocycles. The molecule has 7 nitrogen and oxygen atoms in total. The molecule has 1 aliphatic rings. The van der Waals surface area contributed by atoms with Gasteiger partial charge in [0.1, 0.15) is 5.82 Å². The van der Waals surface area contributed by atoms with E-state index in [0.717, 1.165) is 48.7 Å². The average Bonchev–Trinajstić information content (AvgIpc) is 2.76. The Kier molecular flexibility index (Phi) is 6.70. The van der Waals surface area contributed by atoms with Crippen LogP contribution in [0.25, 0.3) is 0 Å². The minimum Gasteiger partial charge on any atom is -0.325 e. The lowest BCUT2D eigenvalue weighted by molar-refractivity contribution is -0.117. The van der Waals surface area contributed by atoms with Crippen molar-refractivity contribution in [1.82, 2.24) is 19.9 Å². The van der Waals surface area contributed by atoms with E-state index in [1.165, 1.54) is 12.1 Å². The van der Waals surface area contributed by atoms with E-state index in [4.69, 9.17) is 0 Å². The smallest absolute Gasteiger partial charge is 0.238 e. The number of likely N-dealkylation sites (tertiary alicyclic amines) is 1. The van der Waals surface area contributed by atoms with E-state index in [0.29, 0.717) is 24.1 Å². The highest BCUT2D eigenvalue weighted by Gasteiger charge is 2.23. The predicted octanol–water partition coefficient (Wildman–Crippen LogP) is 4.19. The number of hydrogen-bond acceptors (Lipinski definition) is 6. The summed E-state index contributed by atoms with van der Waals surface area (Å²) in [5.74, 6) is 0.542. The summed E-state index contributed by atoms with van der Waals surface area (Å²) in [6, 6.07) is 11.8. The summed E-state index contributed by atoms with van der Waals surface area (Å²) in [6.07, 6.45) is 3.71. The number of halogens is 1. The maximum absolute atomic E-state index is 13.0. The van der Waals surface area contributed by atoms with Crippen LogP contribution in [0.15, 0.2) is 48.7 Å². The van der Waals surface area contributed by atoms with Crippen LogP contribution in [-0.2, 0) is 4.79 Å². The summed E-state index contributed by atoms with van der Waals surface area (Å²) in [7, 11) is 0. The molecule has 0 saturated carbocycles. The number of piperidine rings is 1. The first kappa shape index (κ1) is 21.8. The fourth-order valence-electron chi connectivity index (χ4n) is 3.96. The second-order valence-electron chi connectivity index (χ2n) is 8.18. The number of hydrogen-bond donors (Lipinski definition) is 2. The van der Waals surface area contributed by atoms with Gasteiger partial charge >= 0.3 is 0 Å². The highest BCUT2D eigenvalue weighted by atomic mass is 19.1. The van der Waals surface area contributed by atoms with Crippen LogP contribution in [0, 0.1) is 19.7 Å². The largest absolute Gasteiger partial charge is 0.325 e. The van der Waals surface area contributed by atoms with Crippen molar-refractivity contribution in [2.24, 2.45) is 0 Å². The lowest BCUT2D eigenvalue weighted by Gasteiger charge is -2.31. The number of anilines is 3. The summed E-state index contributed by atoms with van der Waals surface area (Å²) in [4.78, 5) is 27.9. The van der Waals surface area contributed by atoms with Crippen molar-refractivity contribution in [3.05, 3.63) is 71.6 Å². The number of aromatic nitrogens is 3. The second kappa shape index (κ2) is 9.82. The Hall–Kier alpha value is -3.39. The van der Waals surface area contributed by atoms with Crippen molar-refractivity contribution >= 4 is 23.2 Å². The van der Waals surface area contributed by atoms with Gasteiger partial charge in [-0.15, -0.1) is 0 Å². The molecule has 0 atom stereocenters. The van der Waals surface area contributed by atoms with Gasteiger partial charge in [-0.1, -0.05) is 0 Å². The fourth-order valence-corrected chi connectivity index (χ4v) is 3.96. The van der Waals surface area contributed by atoms with Gasteiger partial charge in [0.05, 0.1) is 18.4 Å². The Balaban J connectivity index is 1.26. The van der Waals surface area contributed by atoms with Gasteiger partial charge in [-0.2, -0.15) is 0 Å². The number of carbonyl (C=O) groups excluding carboxylic acids is 1. The van der Waals surface area contributed by atoms with Crippen molar-refractivity contribution in [2.75, 3.05) is 30.3 Å². The normalized spacial score (nSPS) is 14.8. The summed E-state index contributed by atoms with van der Waals surface area (Å²) in [6.45, 7) is 5.88. The molecule has 3 aromatic rings. The molecule has 0 radical (unpaired) electrons. The lowest BCUT2D eigenvalue weighted by Crippen LogP contribution is -2.38. The fraction of sp³-hybridized carbons (Fsp3) is 0.333. The molecule has 8 heteroatoms. The van der Waals surface area contributed by atoms with Crippen molar-refractivity contribution in [3.8, 4) is 0 Å². The van der Waals surface area contributed by atoms with Crippen LogP contribution < -0.4 is 10.6 Å². The molecule has 0 aliphatic carbocycles. The van der Waals surface area contributed by atoms with E-state index in [1.807, 2.05) is 38.2 Å². The number of nitrogens with one attached hydrogen (secondary N) is 2. The number of aryl methyl sites for hydroxylation is 2. The topological polar surface area (TPSA) is 83.0 Å². The van der Waals surface area contributed by atoms with Crippen molar-refractivity contribution < 1.29 is 9.18 Å². The van der Waals surface area contributed by atoms with E-state index in [2.05, 4.69) is 30.5 Å². The van der Waals surface area contributed by atoms with E-state index in [9.17, 15) is 9.18 Å². The quantitative estimate of drug-likeness (QED) is 0.605. The Morgan fingerprint density at radius 2 is 1.69 bits per heavy atom. The van der Waals surface area contributed by atoms with Crippen molar-refractivity contribution in [1.29, 1.82) is 0 Å². The minimum atomic E-state index is -0.318. The van der Waals surface area contributed by atoms with E-state index in [1.54, 1.807) is 12.1 Å². The van der Waals surface area contributed by atoms with Crippen LogP contribution in [0.3, 0.4) is 0 Å². The molecule has 1 fully saturated rings. The molecule has 0 unspecified atom stereocenters. The molecule has 166 valence electrons. The van der Waals surface area contributed by atoms with Crippen LogP contribution in [0.1, 0.15) is 35.8 Å². The van der Waals surface area contributed by atoms with Gasteiger partial charge < -0.3 is 10.6 Å². The Bertz CT molecular complexity index is 1040. The molecular weight excluding hydrogens is 407 g/mol. The van der Waals surface area contributed by atoms with Gasteiger partial charge in [0.25, 0.3) is 0 Å². The SMILES string of the molecule is Cc1cc(C)nc(Nc2ccc(C3CCN(CC(=O)Nc4ccc(F)cc4)CC3)nc2)n1. The molecule has 3 heterocycles. The number of amides is 1. The lowest BCUT2D eigenvalue weighted by atomic mass is 9.93. The summed E-state index contributed by atoms with van der Waals surface area (Å²) < 4.78 is 13.0. The minimum absolute atomic E-state index is 0.0859. The highest BCUT2D eigenvalue weighted by molar-refractivity contribution is 5.92. The van der Waals surface area contributed by atoms with Gasteiger partial charge in [0.2, 0.25) is 11.9 Å². The zero-order valence-corrected chi connectivity index (χ0v) is 18.3. The third-order valence-electron chi connectivity index (χ3n) is 5.53. The van der Waals surface area contributed by atoms with E-state index < -0.39 is 0 Å². The summed E-state index contributed by atoms with van der Waals surface area (Å²) in [5, 5.41) is 6.02. The molecule has 32 heavy (non-hydrogen) atoms. The molecular formula is C24H27FN6O. The van der Waals surface area contributed by atoms with Gasteiger partial charge in [-0.05, 0) is 82.2 Å². The maximum atomic E-state index is 13.0. The van der Waals surface area contributed by atoms with Gasteiger partial charge in [-0.25, -0.2) is 14.4 Å². The zero-order valence-electron chi connectivity index (χ0n) is 18.3. The van der Waals surface area contributed by atoms with Crippen LogP contribution in [0.2, 0.25) is 0 Å². The Morgan fingerprint density at radius 1 is 1.03 bits per heavy atom. The number of benzene rings is 1. The third-order valence-corrected chi connectivity index (χ3v) is 5.53.